The molecule has 2 aromatic carbocycles. The van der Waals surface area contributed by atoms with Crippen LogP contribution in [0.15, 0.2) is 42.5 Å². The van der Waals surface area contributed by atoms with Crippen molar-refractivity contribution in [3.8, 4) is 5.75 Å². The summed E-state index contributed by atoms with van der Waals surface area (Å²) in [6.07, 6.45) is 1.61. The van der Waals surface area contributed by atoms with Crippen molar-refractivity contribution in [3.63, 3.8) is 0 Å². The molecule has 0 aliphatic rings. The highest BCUT2D eigenvalue weighted by Gasteiger charge is 2.11. The summed E-state index contributed by atoms with van der Waals surface area (Å²) in [6, 6.07) is 12.0. The molecule has 0 bridgehead atoms. The first-order valence-electron chi connectivity index (χ1n) is 7.00. The third kappa shape index (κ3) is 4.45. The van der Waals surface area contributed by atoms with Crippen LogP contribution in [0.5, 0.6) is 5.75 Å². The molecule has 0 heterocycles. The maximum absolute atomic E-state index is 12.9. The van der Waals surface area contributed by atoms with Gasteiger partial charge in [0.2, 0.25) is 0 Å². The van der Waals surface area contributed by atoms with Gasteiger partial charge in [-0.15, -0.1) is 0 Å². The van der Waals surface area contributed by atoms with E-state index in [0.29, 0.717) is 17.4 Å². The van der Waals surface area contributed by atoms with E-state index in [0.717, 1.165) is 24.0 Å². The van der Waals surface area contributed by atoms with Gasteiger partial charge in [0.15, 0.2) is 0 Å². The van der Waals surface area contributed by atoms with Gasteiger partial charge in [-0.2, -0.15) is 0 Å². The summed E-state index contributed by atoms with van der Waals surface area (Å²) in [5, 5.41) is 0.568. The highest BCUT2D eigenvalue weighted by molar-refractivity contribution is 6.32. The van der Waals surface area contributed by atoms with Gasteiger partial charge in [-0.1, -0.05) is 42.8 Å². The van der Waals surface area contributed by atoms with Crippen LogP contribution in [-0.4, -0.2) is 6.04 Å². The van der Waals surface area contributed by atoms with Crippen LogP contribution in [0.1, 0.15) is 24.5 Å². The molecule has 21 heavy (non-hydrogen) atoms. The molecule has 4 heteroatoms. The second-order valence-electron chi connectivity index (χ2n) is 5.02. The third-order valence-corrected chi connectivity index (χ3v) is 3.65. The van der Waals surface area contributed by atoms with E-state index in [9.17, 15) is 4.39 Å². The Labute approximate surface area is 129 Å². The Morgan fingerprint density at radius 3 is 2.57 bits per heavy atom. The average Bonchev–Trinajstić information content (AvgIpc) is 2.48. The summed E-state index contributed by atoms with van der Waals surface area (Å²) in [5.41, 5.74) is 7.90. The summed E-state index contributed by atoms with van der Waals surface area (Å²) in [6.45, 7) is 2.40. The van der Waals surface area contributed by atoms with E-state index in [1.807, 2.05) is 19.1 Å². The Kier molecular flexibility index (Phi) is 5.59. The zero-order chi connectivity index (χ0) is 15.2. The maximum atomic E-state index is 12.9. The van der Waals surface area contributed by atoms with E-state index in [1.165, 1.54) is 12.1 Å². The first-order valence-corrected chi connectivity index (χ1v) is 7.38. The number of rotatable bonds is 6. The standard InChI is InChI=1S/C17H19ClFNO/c1-2-15(20)10-13-4-3-5-16(18)17(13)21-11-12-6-8-14(19)9-7-12/h3-9,15H,2,10-11,20H2,1H3. The highest BCUT2D eigenvalue weighted by Crippen LogP contribution is 2.30. The molecule has 1 unspecified atom stereocenters. The lowest BCUT2D eigenvalue weighted by atomic mass is 10.0. The van der Waals surface area contributed by atoms with Crippen molar-refractivity contribution in [2.45, 2.75) is 32.4 Å². The van der Waals surface area contributed by atoms with E-state index in [2.05, 4.69) is 0 Å². The lowest BCUT2D eigenvalue weighted by Gasteiger charge is -2.15. The number of halogens is 2. The Hall–Kier alpha value is -1.58. The van der Waals surface area contributed by atoms with Gasteiger partial charge >= 0.3 is 0 Å². The fourth-order valence-electron chi connectivity index (χ4n) is 2.04. The maximum Gasteiger partial charge on any atom is 0.141 e. The number of benzene rings is 2. The predicted octanol–water partition coefficient (Wildman–Crippen LogP) is 4.34. The minimum absolute atomic E-state index is 0.0802. The molecule has 2 N–H and O–H groups in total. The predicted molar refractivity (Wildman–Crippen MR) is 84.2 cm³/mol. The van der Waals surface area contributed by atoms with E-state index in [-0.39, 0.29) is 11.9 Å². The zero-order valence-corrected chi connectivity index (χ0v) is 12.7. The number of nitrogens with two attached hydrogens (primary N) is 1. The first-order chi connectivity index (χ1) is 10.1. The van der Waals surface area contributed by atoms with Crippen LogP contribution < -0.4 is 10.5 Å². The minimum Gasteiger partial charge on any atom is -0.487 e. The molecule has 0 saturated heterocycles. The molecule has 2 rings (SSSR count). The Morgan fingerprint density at radius 2 is 1.90 bits per heavy atom. The van der Waals surface area contributed by atoms with E-state index >= 15 is 0 Å². The average molecular weight is 308 g/mol. The van der Waals surface area contributed by atoms with Crippen molar-refractivity contribution in [1.29, 1.82) is 0 Å². The van der Waals surface area contributed by atoms with Gasteiger partial charge in [0, 0.05) is 6.04 Å². The molecular weight excluding hydrogens is 289 g/mol. The van der Waals surface area contributed by atoms with Gasteiger partial charge in [0.05, 0.1) is 5.02 Å². The summed E-state index contributed by atoms with van der Waals surface area (Å²) in [5.74, 6) is 0.401. The number of hydrogen-bond donors (Lipinski definition) is 1. The minimum atomic E-state index is -0.258. The fraction of sp³-hybridized carbons (Fsp3) is 0.294. The molecular formula is C17H19ClFNO. The summed E-state index contributed by atoms with van der Waals surface area (Å²) in [7, 11) is 0. The zero-order valence-electron chi connectivity index (χ0n) is 12.0. The van der Waals surface area contributed by atoms with E-state index in [4.69, 9.17) is 22.1 Å². The third-order valence-electron chi connectivity index (χ3n) is 3.35. The normalized spacial score (nSPS) is 12.2. The topological polar surface area (TPSA) is 35.2 Å². The number of para-hydroxylation sites is 1. The summed E-state index contributed by atoms with van der Waals surface area (Å²) >= 11 is 6.22. The summed E-state index contributed by atoms with van der Waals surface area (Å²) < 4.78 is 18.7. The fourth-order valence-corrected chi connectivity index (χ4v) is 2.29. The molecule has 0 amide bonds. The second-order valence-corrected chi connectivity index (χ2v) is 5.42. The van der Waals surface area contributed by atoms with Gasteiger partial charge < -0.3 is 10.5 Å². The molecule has 1 atom stereocenters. The SMILES string of the molecule is CCC(N)Cc1cccc(Cl)c1OCc1ccc(F)cc1. The Morgan fingerprint density at radius 1 is 1.19 bits per heavy atom. The Bertz CT molecular complexity index is 586. The van der Waals surface area contributed by atoms with Crippen molar-refractivity contribution in [2.24, 2.45) is 5.73 Å². The highest BCUT2D eigenvalue weighted by atomic mass is 35.5. The first kappa shape index (κ1) is 15.8. The van der Waals surface area contributed by atoms with Crippen molar-refractivity contribution in [3.05, 3.63) is 64.4 Å². The van der Waals surface area contributed by atoms with Crippen LogP contribution in [0, 0.1) is 5.82 Å². The van der Waals surface area contributed by atoms with E-state index < -0.39 is 0 Å². The van der Waals surface area contributed by atoms with Crippen LogP contribution in [0.4, 0.5) is 4.39 Å². The second kappa shape index (κ2) is 7.43. The Balaban J connectivity index is 2.12. The van der Waals surface area contributed by atoms with Crippen molar-refractivity contribution < 1.29 is 9.13 Å². The molecule has 0 aliphatic heterocycles. The molecule has 0 radical (unpaired) electrons. The smallest absolute Gasteiger partial charge is 0.141 e. The van der Waals surface area contributed by atoms with Gasteiger partial charge in [0.25, 0.3) is 0 Å². The van der Waals surface area contributed by atoms with Crippen LogP contribution in [0.25, 0.3) is 0 Å². The molecule has 112 valence electrons. The molecule has 2 aromatic rings. The van der Waals surface area contributed by atoms with Gasteiger partial charge in [-0.25, -0.2) is 4.39 Å². The van der Waals surface area contributed by atoms with E-state index in [1.54, 1.807) is 18.2 Å². The number of ether oxygens (including phenoxy) is 1. The molecule has 0 fully saturated rings. The lowest BCUT2D eigenvalue weighted by Crippen LogP contribution is -2.21. The quantitative estimate of drug-likeness (QED) is 0.861. The van der Waals surface area contributed by atoms with Crippen molar-refractivity contribution in [2.75, 3.05) is 0 Å². The lowest BCUT2D eigenvalue weighted by molar-refractivity contribution is 0.302. The van der Waals surface area contributed by atoms with Gasteiger partial charge in [-0.05, 0) is 42.2 Å². The summed E-state index contributed by atoms with van der Waals surface area (Å²) in [4.78, 5) is 0. The van der Waals surface area contributed by atoms with Gasteiger partial charge in [0.1, 0.15) is 18.2 Å². The van der Waals surface area contributed by atoms with Crippen LogP contribution in [-0.2, 0) is 13.0 Å². The van der Waals surface area contributed by atoms with Crippen LogP contribution in [0.3, 0.4) is 0 Å². The van der Waals surface area contributed by atoms with Gasteiger partial charge in [-0.3, -0.25) is 0 Å². The molecule has 0 saturated carbocycles. The number of hydrogen-bond acceptors (Lipinski definition) is 2. The molecule has 0 aliphatic carbocycles. The van der Waals surface area contributed by atoms with Crippen LogP contribution >= 0.6 is 11.6 Å². The molecule has 0 aromatic heterocycles. The molecule has 0 spiro atoms. The molecule has 2 nitrogen and oxygen atoms in total. The monoisotopic (exact) mass is 307 g/mol. The largest absolute Gasteiger partial charge is 0.487 e. The van der Waals surface area contributed by atoms with Crippen molar-refractivity contribution >= 4 is 11.6 Å². The van der Waals surface area contributed by atoms with Crippen LogP contribution in [0.2, 0.25) is 5.02 Å². The van der Waals surface area contributed by atoms with Crippen molar-refractivity contribution in [1.82, 2.24) is 0 Å².